The SMILES string of the molecule is CC(C)N1CC2CC(C1)N2C(=O)OC1CCCCC1. The Morgan fingerprint density at radius 1 is 1.11 bits per heavy atom. The maximum Gasteiger partial charge on any atom is 0.410 e. The van der Waals surface area contributed by atoms with E-state index in [9.17, 15) is 4.79 Å². The molecule has 1 amide bonds. The highest BCUT2D eigenvalue weighted by Crippen LogP contribution is 2.34. The summed E-state index contributed by atoms with van der Waals surface area (Å²) in [6.45, 7) is 6.51. The Morgan fingerprint density at radius 2 is 1.74 bits per heavy atom. The molecule has 4 rings (SSSR count). The van der Waals surface area contributed by atoms with Gasteiger partial charge < -0.3 is 4.74 Å². The van der Waals surface area contributed by atoms with Gasteiger partial charge in [0.15, 0.2) is 0 Å². The van der Waals surface area contributed by atoms with Gasteiger partial charge in [0.25, 0.3) is 0 Å². The predicted molar refractivity (Wildman–Crippen MR) is 74.1 cm³/mol. The summed E-state index contributed by atoms with van der Waals surface area (Å²) in [4.78, 5) is 16.8. The van der Waals surface area contributed by atoms with Gasteiger partial charge >= 0.3 is 6.09 Å². The van der Waals surface area contributed by atoms with Crippen molar-refractivity contribution in [3.05, 3.63) is 0 Å². The maximum absolute atomic E-state index is 12.3. The van der Waals surface area contributed by atoms with Crippen LogP contribution >= 0.6 is 0 Å². The average Bonchev–Trinajstić information content (AvgIpc) is 2.39. The first-order chi connectivity index (χ1) is 9.15. The highest BCUT2D eigenvalue weighted by molar-refractivity contribution is 5.70. The van der Waals surface area contributed by atoms with Gasteiger partial charge in [-0.15, -0.1) is 0 Å². The molecule has 4 fully saturated rings. The van der Waals surface area contributed by atoms with Crippen LogP contribution in [0.4, 0.5) is 4.79 Å². The maximum atomic E-state index is 12.3. The number of piperidine rings is 1. The first-order valence-electron chi connectivity index (χ1n) is 7.88. The van der Waals surface area contributed by atoms with Gasteiger partial charge in [-0.2, -0.15) is 0 Å². The van der Waals surface area contributed by atoms with Crippen LogP contribution in [0.2, 0.25) is 0 Å². The molecule has 108 valence electrons. The van der Waals surface area contributed by atoms with Crippen molar-refractivity contribution in [1.82, 2.24) is 9.80 Å². The molecule has 19 heavy (non-hydrogen) atoms. The van der Waals surface area contributed by atoms with Crippen molar-refractivity contribution in [3.63, 3.8) is 0 Å². The van der Waals surface area contributed by atoms with Crippen LogP contribution in [0.1, 0.15) is 52.4 Å². The van der Waals surface area contributed by atoms with E-state index in [1.807, 2.05) is 4.90 Å². The molecule has 4 heteroatoms. The fourth-order valence-corrected chi connectivity index (χ4v) is 3.75. The van der Waals surface area contributed by atoms with Crippen molar-refractivity contribution < 1.29 is 9.53 Å². The highest BCUT2D eigenvalue weighted by Gasteiger charge is 2.48. The van der Waals surface area contributed by atoms with Crippen molar-refractivity contribution >= 4 is 6.09 Å². The van der Waals surface area contributed by atoms with Crippen LogP contribution in [0.5, 0.6) is 0 Å². The summed E-state index contributed by atoms with van der Waals surface area (Å²) < 4.78 is 5.70. The molecule has 0 spiro atoms. The van der Waals surface area contributed by atoms with Crippen LogP contribution in [0.3, 0.4) is 0 Å². The second-order valence-corrected chi connectivity index (χ2v) is 6.64. The fourth-order valence-electron chi connectivity index (χ4n) is 3.75. The molecule has 0 aromatic carbocycles. The van der Waals surface area contributed by atoms with Gasteiger partial charge in [0, 0.05) is 19.1 Å². The molecule has 0 radical (unpaired) electrons. The molecule has 4 aliphatic rings. The lowest BCUT2D eigenvalue weighted by Crippen LogP contribution is -2.71. The Morgan fingerprint density at radius 3 is 2.32 bits per heavy atom. The number of piperazine rings is 1. The van der Waals surface area contributed by atoms with E-state index in [0.29, 0.717) is 18.1 Å². The third kappa shape index (κ3) is 2.60. The Balaban J connectivity index is 1.52. The number of hydrogen-bond acceptors (Lipinski definition) is 3. The summed E-state index contributed by atoms with van der Waals surface area (Å²) in [5, 5.41) is 0. The Labute approximate surface area is 116 Å². The minimum absolute atomic E-state index is 0.0449. The molecule has 1 aliphatic carbocycles. The van der Waals surface area contributed by atoms with E-state index in [4.69, 9.17) is 4.74 Å². The number of hydrogen-bond donors (Lipinski definition) is 0. The molecule has 0 aromatic rings. The largest absolute Gasteiger partial charge is 0.446 e. The molecule has 2 bridgehead atoms. The Bertz CT molecular complexity index is 327. The molecular formula is C15H26N2O2. The monoisotopic (exact) mass is 266 g/mol. The van der Waals surface area contributed by atoms with Crippen molar-refractivity contribution in [2.24, 2.45) is 0 Å². The van der Waals surface area contributed by atoms with Gasteiger partial charge in [-0.3, -0.25) is 9.80 Å². The van der Waals surface area contributed by atoms with Crippen molar-refractivity contribution in [2.75, 3.05) is 13.1 Å². The number of ether oxygens (including phenoxy) is 1. The van der Waals surface area contributed by atoms with E-state index in [-0.39, 0.29) is 12.2 Å². The third-order valence-corrected chi connectivity index (χ3v) is 4.98. The normalized spacial score (nSPS) is 32.3. The van der Waals surface area contributed by atoms with E-state index in [1.165, 1.54) is 25.7 Å². The smallest absolute Gasteiger partial charge is 0.410 e. The standard InChI is InChI=1S/C15H26N2O2/c1-11(2)16-9-12-8-13(10-16)17(12)15(18)19-14-6-4-3-5-7-14/h11-14H,3-10H2,1-2H3. The summed E-state index contributed by atoms with van der Waals surface area (Å²) in [6, 6.07) is 1.39. The van der Waals surface area contributed by atoms with Gasteiger partial charge in [-0.05, 0) is 46.0 Å². The first-order valence-corrected chi connectivity index (χ1v) is 7.88. The Kier molecular flexibility index (Phi) is 3.70. The van der Waals surface area contributed by atoms with Gasteiger partial charge in [0.05, 0.1) is 12.1 Å². The second-order valence-electron chi connectivity index (χ2n) is 6.64. The van der Waals surface area contributed by atoms with E-state index in [1.54, 1.807) is 0 Å². The van der Waals surface area contributed by atoms with Crippen LogP contribution in [0, 0.1) is 0 Å². The number of rotatable bonds is 2. The zero-order valence-electron chi connectivity index (χ0n) is 12.2. The number of nitrogens with zero attached hydrogens (tertiary/aromatic N) is 2. The Hall–Kier alpha value is -0.770. The minimum Gasteiger partial charge on any atom is -0.446 e. The molecule has 3 saturated heterocycles. The van der Waals surface area contributed by atoms with Crippen LogP contribution < -0.4 is 0 Å². The molecule has 2 unspecified atom stereocenters. The van der Waals surface area contributed by atoms with Crippen molar-refractivity contribution in [3.8, 4) is 0 Å². The second kappa shape index (κ2) is 5.31. The lowest BCUT2D eigenvalue weighted by Gasteiger charge is -2.56. The summed E-state index contributed by atoms with van der Waals surface area (Å²) >= 11 is 0. The van der Waals surface area contributed by atoms with E-state index >= 15 is 0 Å². The van der Waals surface area contributed by atoms with E-state index < -0.39 is 0 Å². The van der Waals surface area contributed by atoms with Crippen molar-refractivity contribution in [1.29, 1.82) is 0 Å². The van der Waals surface area contributed by atoms with Crippen molar-refractivity contribution in [2.45, 2.75) is 76.6 Å². The molecule has 3 aliphatic heterocycles. The molecular weight excluding hydrogens is 240 g/mol. The predicted octanol–water partition coefficient (Wildman–Crippen LogP) is 2.62. The fraction of sp³-hybridized carbons (Fsp3) is 0.933. The molecule has 3 heterocycles. The molecule has 2 atom stereocenters. The lowest BCUT2D eigenvalue weighted by molar-refractivity contribution is -0.0767. The van der Waals surface area contributed by atoms with Crippen LogP contribution in [0.25, 0.3) is 0 Å². The minimum atomic E-state index is -0.0449. The molecule has 1 saturated carbocycles. The lowest BCUT2D eigenvalue weighted by atomic mass is 9.87. The van der Waals surface area contributed by atoms with Gasteiger partial charge in [0.2, 0.25) is 0 Å². The van der Waals surface area contributed by atoms with Crippen LogP contribution in [0.15, 0.2) is 0 Å². The number of carbonyl (C=O) groups excluding carboxylic acids is 1. The molecule has 4 nitrogen and oxygen atoms in total. The summed E-state index contributed by atoms with van der Waals surface area (Å²) in [5.41, 5.74) is 0. The van der Waals surface area contributed by atoms with Crippen LogP contribution in [-0.4, -0.2) is 53.2 Å². The topological polar surface area (TPSA) is 32.8 Å². The zero-order chi connectivity index (χ0) is 13.4. The van der Waals surface area contributed by atoms with Gasteiger partial charge in [-0.1, -0.05) is 6.42 Å². The summed E-state index contributed by atoms with van der Waals surface area (Å²) in [5.74, 6) is 0. The van der Waals surface area contributed by atoms with Crippen LogP contribution in [-0.2, 0) is 4.74 Å². The number of carbonyl (C=O) groups is 1. The highest BCUT2D eigenvalue weighted by atomic mass is 16.6. The van der Waals surface area contributed by atoms with E-state index in [2.05, 4.69) is 18.7 Å². The zero-order valence-corrected chi connectivity index (χ0v) is 12.2. The first kappa shape index (κ1) is 13.2. The third-order valence-electron chi connectivity index (χ3n) is 4.98. The summed E-state index contributed by atoms with van der Waals surface area (Å²) in [7, 11) is 0. The van der Waals surface area contributed by atoms with Gasteiger partial charge in [0.1, 0.15) is 6.10 Å². The average molecular weight is 266 g/mol. The summed E-state index contributed by atoms with van der Waals surface area (Å²) in [6.07, 6.45) is 7.16. The van der Waals surface area contributed by atoms with Gasteiger partial charge in [-0.25, -0.2) is 4.79 Å². The number of amides is 1. The quantitative estimate of drug-likeness (QED) is 0.770. The van der Waals surface area contributed by atoms with E-state index in [0.717, 1.165) is 25.9 Å². The number of fused-ring (bicyclic) bond motifs is 2. The molecule has 0 aromatic heterocycles. The molecule has 0 N–H and O–H groups in total.